The number of piperazine rings is 1. The molecule has 8 heteroatoms. The number of nitrogens with zero attached hydrogens (tertiary/aromatic N) is 4. The first-order valence-corrected chi connectivity index (χ1v) is 9.65. The molecule has 146 valence electrons. The smallest absolute Gasteiger partial charge is 0.317 e. The zero-order valence-electron chi connectivity index (χ0n) is 15.4. The number of halogens is 1. The van der Waals surface area contributed by atoms with Gasteiger partial charge in [-0.25, -0.2) is 14.2 Å². The molecule has 2 aliphatic heterocycles. The number of carbonyl (C=O) groups is 1. The van der Waals surface area contributed by atoms with Crippen LogP contribution in [0, 0.1) is 5.82 Å². The van der Waals surface area contributed by atoms with Crippen LogP contribution in [0.5, 0.6) is 0 Å². The van der Waals surface area contributed by atoms with Gasteiger partial charge in [0.2, 0.25) is 0 Å². The predicted octanol–water partition coefficient (Wildman–Crippen LogP) is 1.68. The van der Waals surface area contributed by atoms with Crippen molar-refractivity contribution >= 4 is 17.1 Å². The number of hydrogen-bond donors (Lipinski definition) is 1. The summed E-state index contributed by atoms with van der Waals surface area (Å²) in [6, 6.07) is 4.99. The van der Waals surface area contributed by atoms with Crippen LogP contribution < -0.4 is 5.32 Å². The number of hydrogen-bond acceptors (Lipinski definition) is 4. The Labute approximate surface area is 158 Å². The number of benzene rings is 1. The number of amides is 2. The molecule has 0 spiro atoms. The third kappa shape index (κ3) is 4.39. The molecule has 0 saturated carbocycles. The van der Waals surface area contributed by atoms with Crippen LogP contribution in [0.4, 0.5) is 9.18 Å². The first-order chi connectivity index (χ1) is 13.2. The molecule has 0 aliphatic carbocycles. The van der Waals surface area contributed by atoms with E-state index in [0.717, 1.165) is 70.8 Å². The molecule has 0 unspecified atom stereocenters. The Bertz CT molecular complexity index is 781. The second-order valence-corrected chi connectivity index (χ2v) is 7.24. The van der Waals surface area contributed by atoms with Crippen molar-refractivity contribution in [3.63, 3.8) is 0 Å². The van der Waals surface area contributed by atoms with E-state index in [2.05, 4.69) is 19.8 Å². The van der Waals surface area contributed by atoms with Crippen molar-refractivity contribution in [2.45, 2.75) is 25.4 Å². The Morgan fingerprint density at radius 3 is 2.74 bits per heavy atom. The fourth-order valence-corrected chi connectivity index (χ4v) is 3.75. The largest absolute Gasteiger partial charge is 0.381 e. The number of urea groups is 1. The molecule has 7 nitrogen and oxygen atoms in total. The van der Waals surface area contributed by atoms with Gasteiger partial charge < -0.3 is 19.5 Å². The lowest BCUT2D eigenvalue weighted by Gasteiger charge is -2.36. The van der Waals surface area contributed by atoms with E-state index in [1.165, 1.54) is 12.1 Å². The van der Waals surface area contributed by atoms with E-state index in [0.29, 0.717) is 5.52 Å². The Hall–Kier alpha value is -2.19. The topological polar surface area (TPSA) is 62.6 Å². The highest BCUT2D eigenvalue weighted by Crippen LogP contribution is 2.14. The summed E-state index contributed by atoms with van der Waals surface area (Å²) in [5.74, 6) is -0.261. The third-order valence-corrected chi connectivity index (χ3v) is 5.45. The van der Waals surface area contributed by atoms with E-state index in [9.17, 15) is 9.18 Å². The predicted molar refractivity (Wildman–Crippen MR) is 100 cm³/mol. The van der Waals surface area contributed by atoms with Gasteiger partial charge in [-0.2, -0.15) is 0 Å². The first kappa shape index (κ1) is 18.2. The van der Waals surface area contributed by atoms with Crippen molar-refractivity contribution in [3.8, 4) is 0 Å². The number of nitrogens with one attached hydrogen (secondary N) is 1. The standard InChI is InChI=1S/C19H26FN5O2/c20-15-1-2-18-17(13-15)21-14-25(18)10-7-23-5-8-24(9-6-23)19(26)22-16-3-11-27-12-4-16/h1-2,13-14,16H,3-12H2,(H,22,26). The van der Waals surface area contributed by atoms with E-state index >= 15 is 0 Å². The average molecular weight is 375 g/mol. The van der Waals surface area contributed by atoms with Crippen molar-refractivity contribution < 1.29 is 13.9 Å². The minimum Gasteiger partial charge on any atom is -0.381 e. The Morgan fingerprint density at radius 2 is 1.96 bits per heavy atom. The molecule has 0 radical (unpaired) electrons. The summed E-state index contributed by atoms with van der Waals surface area (Å²) in [4.78, 5) is 20.9. The molecule has 3 heterocycles. The Kier molecular flexibility index (Phi) is 5.54. The molecule has 27 heavy (non-hydrogen) atoms. The number of ether oxygens (including phenoxy) is 1. The van der Waals surface area contributed by atoms with Crippen molar-refractivity contribution in [2.75, 3.05) is 45.9 Å². The van der Waals surface area contributed by atoms with E-state index in [-0.39, 0.29) is 17.9 Å². The van der Waals surface area contributed by atoms with Crippen molar-refractivity contribution in [1.82, 2.24) is 24.7 Å². The maximum atomic E-state index is 13.3. The third-order valence-electron chi connectivity index (χ3n) is 5.45. The van der Waals surface area contributed by atoms with Gasteiger partial charge in [0, 0.05) is 64.6 Å². The monoisotopic (exact) mass is 375 g/mol. The summed E-state index contributed by atoms with van der Waals surface area (Å²) in [6.45, 7) is 6.36. The molecule has 0 atom stereocenters. The Morgan fingerprint density at radius 1 is 1.19 bits per heavy atom. The SMILES string of the molecule is O=C(NC1CCOCC1)N1CCN(CCn2cnc3cc(F)ccc32)CC1. The number of carbonyl (C=O) groups excluding carboxylic acids is 1. The summed E-state index contributed by atoms with van der Waals surface area (Å²) in [5, 5.41) is 3.13. The van der Waals surface area contributed by atoms with E-state index in [1.807, 2.05) is 4.90 Å². The molecule has 1 aromatic heterocycles. The van der Waals surface area contributed by atoms with Crippen LogP contribution in [0.1, 0.15) is 12.8 Å². The van der Waals surface area contributed by atoms with Crippen LogP contribution in [0.25, 0.3) is 11.0 Å². The molecule has 4 rings (SSSR count). The molecular formula is C19H26FN5O2. The van der Waals surface area contributed by atoms with Crippen molar-refractivity contribution in [2.24, 2.45) is 0 Å². The maximum Gasteiger partial charge on any atom is 0.317 e. The minimum absolute atomic E-state index is 0.0455. The maximum absolute atomic E-state index is 13.3. The molecule has 2 amide bonds. The lowest BCUT2D eigenvalue weighted by atomic mass is 10.1. The van der Waals surface area contributed by atoms with Crippen LogP contribution in [-0.4, -0.2) is 77.4 Å². The summed E-state index contributed by atoms with van der Waals surface area (Å²) in [5.41, 5.74) is 1.63. The fraction of sp³-hybridized carbons (Fsp3) is 0.579. The highest BCUT2D eigenvalue weighted by Gasteiger charge is 2.23. The first-order valence-electron chi connectivity index (χ1n) is 9.65. The molecule has 0 bridgehead atoms. The second-order valence-electron chi connectivity index (χ2n) is 7.24. The normalized spacial score (nSPS) is 19.5. The summed E-state index contributed by atoms with van der Waals surface area (Å²) in [6.07, 6.45) is 3.56. The zero-order chi connectivity index (χ0) is 18.6. The number of fused-ring (bicyclic) bond motifs is 1. The van der Waals surface area contributed by atoms with Gasteiger partial charge in [0.1, 0.15) is 5.82 Å². The average Bonchev–Trinajstić information content (AvgIpc) is 3.09. The van der Waals surface area contributed by atoms with E-state index < -0.39 is 0 Å². The van der Waals surface area contributed by atoms with Gasteiger partial charge in [0.25, 0.3) is 0 Å². The number of aromatic nitrogens is 2. The van der Waals surface area contributed by atoms with Crippen LogP contribution in [-0.2, 0) is 11.3 Å². The minimum atomic E-state index is -0.261. The van der Waals surface area contributed by atoms with E-state index in [1.54, 1.807) is 12.4 Å². The lowest BCUT2D eigenvalue weighted by Crippen LogP contribution is -2.54. The Balaban J connectivity index is 1.23. The molecule has 1 aromatic carbocycles. The fourth-order valence-electron chi connectivity index (χ4n) is 3.75. The highest BCUT2D eigenvalue weighted by molar-refractivity contribution is 5.75. The zero-order valence-corrected chi connectivity index (χ0v) is 15.4. The molecular weight excluding hydrogens is 349 g/mol. The van der Waals surface area contributed by atoms with Gasteiger partial charge in [0.15, 0.2) is 0 Å². The summed E-state index contributed by atoms with van der Waals surface area (Å²) >= 11 is 0. The van der Waals surface area contributed by atoms with Gasteiger partial charge in [0.05, 0.1) is 17.4 Å². The van der Waals surface area contributed by atoms with Gasteiger partial charge in [-0.3, -0.25) is 4.90 Å². The second kappa shape index (κ2) is 8.22. The van der Waals surface area contributed by atoms with Gasteiger partial charge in [-0.15, -0.1) is 0 Å². The van der Waals surface area contributed by atoms with Crippen molar-refractivity contribution in [3.05, 3.63) is 30.3 Å². The van der Waals surface area contributed by atoms with Crippen molar-refractivity contribution in [1.29, 1.82) is 0 Å². The van der Waals surface area contributed by atoms with Gasteiger partial charge >= 0.3 is 6.03 Å². The highest BCUT2D eigenvalue weighted by atomic mass is 19.1. The van der Waals surface area contributed by atoms with Crippen LogP contribution >= 0.6 is 0 Å². The lowest BCUT2D eigenvalue weighted by molar-refractivity contribution is 0.0759. The molecule has 2 fully saturated rings. The molecule has 2 aliphatic rings. The van der Waals surface area contributed by atoms with Crippen LogP contribution in [0.3, 0.4) is 0 Å². The molecule has 2 aromatic rings. The summed E-state index contributed by atoms with van der Waals surface area (Å²) in [7, 11) is 0. The molecule has 1 N–H and O–H groups in total. The van der Waals surface area contributed by atoms with Crippen LogP contribution in [0.15, 0.2) is 24.5 Å². The van der Waals surface area contributed by atoms with Crippen LogP contribution in [0.2, 0.25) is 0 Å². The quantitative estimate of drug-likeness (QED) is 0.883. The summed E-state index contributed by atoms with van der Waals surface area (Å²) < 4.78 is 20.7. The van der Waals surface area contributed by atoms with Gasteiger partial charge in [-0.05, 0) is 25.0 Å². The number of rotatable bonds is 4. The van der Waals surface area contributed by atoms with Gasteiger partial charge in [-0.1, -0.05) is 0 Å². The molecule has 2 saturated heterocycles. The number of imidazole rings is 1. The van der Waals surface area contributed by atoms with E-state index in [4.69, 9.17) is 4.74 Å².